The molecular formula is C16H25BrN2. The van der Waals surface area contributed by atoms with E-state index in [9.17, 15) is 0 Å². The highest BCUT2D eigenvalue weighted by Crippen LogP contribution is 2.35. The lowest BCUT2D eigenvalue weighted by atomic mass is 9.85. The van der Waals surface area contributed by atoms with Crippen molar-refractivity contribution in [1.82, 2.24) is 10.2 Å². The van der Waals surface area contributed by atoms with Crippen molar-refractivity contribution in [2.45, 2.75) is 32.2 Å². The standard InChI is InChI=1S/C16H25BrN2/c1-3-10-18-12-14-5-4-11-19(2)16(14)13-6-8-15(17)9-7-13/h6-9,14,16,18H,3-5,10-12H2,1-2H3. The number of piperidine rings is 1. The molecule has 0 spiro atoms. The van der Waals surface area contributed by atoms with Crippen LogP contribution < -0.4 is 5.32 Å². The number of halogens is 1. The molecule has 1 aromatic carbocycles. The van der Waals surface area contributed by atoms with Gasteiger partial charge in [-0.15, -0.1) is 0 Å². The zero-order chi connectivity index (χ0) is 13.7. The van der Waals surface area contributed by atoms with Crippen LogP contribution in [0.5, 0.6) is 0 Å². The monoisotopic (exact) mass is 324 g/mol. The first-order valence-corrected chi connectivity index (χ1v) is 8.18. The van der Waals surface area contributed by atoms with Crippen LogP contribution in [0.3, 0.4) is 0 Å². The van der Waals surface area contributed by atoms with Crippen molar-refractivity contribution in [2.24, 2.45) is 5.92 Å². The molecule has 0 aliphatic carbocycles. The van der Waals surface area contributed by atoms with E-state index in [1.54, 1.807) is 0 Å². The number of rotatable bonds is 5. The van der Waals surface area contributed by atoms with Crippen LogP contribution in [0.15, 0.2) is 28.7 Å². The Kier molecular flexibility index (Phi) is 5.86. The fraction of sp³-hybridized carbons (Fsp3) is 0.625. The number of hydrogen-bond acceptors (Lipinski definition) is 2. The topological polar surface area (TPSA) is 15.3 Å². The molecule has 2 rings (SSSR count). The van der Waals surface area contributed by atoms with E-state index >= 15 is 0 Å². The number of hydrogen-bond donors (Lipinski definition) is 1. The van der Waals surface area contributed by atoms with Crippen molar-refractivity contribution in [1.29, 1.82) is 0 Å². The van der Waals surface area contributed by atoms with E-state index in [1.165, 1.54) is 31.4 Å². The van der Waals surface area contributed by atoms with E-state index in [4.69, 9.17) is 0 Å². The minimum atomic E-state index is 0.561. The molecule has 0 radical (unpaired) electrons. The Hall–Kier alpha value is -0.380. The largest absolute Gasteiger partial charge is 0.316 e. The molecule has 0 saturated carbocycles. The Morgan fingerprint density at radius 2 is 2.05 bits per heavy atom. The summed E-state index contributed by atoms with van der Waals surface area (Å²) in [6, 6.07) is 9.42. The summed E-state index contributed by atoms with van der Waals surface area (Å²) in [5.41, 5.74) is 1.45. The zero-order valence-corrected chi connectivity index (χ0v) is 13.6. The highest BCUT2D eigenvalue weighted by molar-refractivity contribution is 9.10. The van der Waals surface area contributed by atoms with Gasteiger partial charge in [-0.25, -0.2) is 0 Å². The summed E-state index contributed by atoms with van der Waals surface area (Å²) in [6.45, 7) is 5.71. The molecule has 1 aliphatic heterocycles. The van der Waals surface area contributed by atoms with Crippen LogP contribution in [-0.4, -0.2) is 31.6 Å². The quantitative estimate of drug-likeness (QED) is 0.828. The van der Waals surface area contributed by atoms with Gasteiger partial charge in [0.15, 0.2) is 0 Å². The van der Waals surface area contributed by atoms with Crippen LogP contribution in [0.25, 0.3) is 0 Å². The number of likely N-dealkylation sites (tertiary alicyclic amines) is 1. The van der Waals surface area contributed by atoms with Crippen LogP contribution in [0, 0.1) is 5.92 Å². The SMILES string of the molecule is CCCNCC1CCCN(C)C1c1ccc(Br)cc1. The van der Waals surface area contributed by atoms with E-state index in [0.717, 1.165) is 23.5 Å². The molecular weight excluding hydrogens is 300 g/mol. The second-order valence-electron chi connectivity index (χ2n) is 5.58. The molecule has 1 fully saturated rings. The lowest BCUT2D eigenvalue weighted by molar-refractivity contribution is 0.119. The Balaban J connectivity index is 2.09. The first kappa shape index (κ1) is 15.0. The van der Waals surface area contributed by atoms with Crippen LogP contribution in [0.2, 0.25) is 0 Å². The smallest absolute Gasteiger partial charge is 0.0385 e. The third-order valence-corrected chi connectivity index (χ3v) is 4.58. The predicted molar refractivity (Wildman–Crippen MR) is 85.4 cm³/mol. The number of nitrogens with one attached hydrogen (secondary N) is 1. The maximum atomic E-state index is 3.60. The van der Waals surface area contributed by atoms with E-state index in [-0.39, 0.29) is 0 Å². The normalized spacial score (nSPS) is 24.6. The van der Waals surface area contributed by atoms with Gasteiger partial charge in [-0.2, -0.15) is 0 Å². The summed E-state index contributed by atoms with van der Waals surface area (Å²) in [4.78, 5) is 2.52. The molecule has 1 aromatic rings. The summed E-state index contributed by atoms with van der Waals surface area (Å²) in [7, 11) is 2.26. The lowest BCUT2D eigenvalue weighted by Gasteiger charge is -2.39. The van der Waals surface area contributed by atoms with Crippen molar-refractivity contribution in [2.75, 3.05) is 26.7 Å². The van der Waals surface area contributed by atoms with Crippen molar-refractivity contribution in [3.8, 4) is 0 Å². The Morgan fingerprint density at radius 1 is 1.32 bits per heavy atom. The molecule has 1 saturated heterocycles. The lowest BCUT2D eigenvalue weighted by Crippen LogP contribution is -2.40. The summed E-state index contributed by atoms with van der Waals surface area (Å²) < 4.78 is 1.16. The minimum Gasteiger partial charge on any atom is -0.316 e. The van der Waals surface area contributed by atoms with Crippen molar-refractivity contribution < 1.29 is 0 Å². The molecule has 2 unspecified atom stereocenters. The first-order valence-electron chi connectivity index (χ1n) is 7.38. The first-order chi connectivity index (χ1) is 9.22. The van der Waals surface area contributed by atoms with Crippen LogP contribution in [-0.2, 0) is 0 Å². The van der Waals surface area contributed by atoms with Gasteiger partial charge in [0.25, 0.3) is 0 Å². The molecule has 1 heterocycles. The Bertz CT molecular complexity index is 377. The maximum absolute atomic E-state index is 3.60. The van der Waals surface area contributed by atoms with Crippen molar-refractivity contribution in [3.05, 3.63) is 34.3 Å². The van der Waals surface area contributed by atoms with Gasteiger partial charge in [0.1, 0.15) is 0 Å². The van der Waals surface area contributed by atoms with Crippen molar-refractivity contribution >= 4 is 15.9 Å². The van der Waals surface area contributed by atoms with Gasteiger partial charge < -0.3 is 5.32 Å². The minimum absolute atomic E-state index is 0.561. The maximum Gasteiger partial charge on any atom is 0.0385 e. The van der Waals surface area contributed by atoms with E-state index in [2.05, 4.69) is 64.4 Å². The van der Waals surface area contributed by atoms with Gasteiger partial charge in [0.05, 0.1) is 0 Å². The molecule has 2 nitrogen and oxygen atoms in total. The molecule has 106 valence electrons. The molecule has 19 heavy (non-hydrogen) atoms. The van der Waals surface area contributed by atoms with E-state index in [1.807, 2.05) is 0 Å². The van der Waals surface area contributed by atoms with E-state index < -0.39 is 0 Å². The highest BCUT2D eigenvalue weighted by Gasteiger charge is 2.29. The third kappa shape index (κ3) is 4.04. The number of nitrogens with zero attached hydrogens (tertiary/aromatic N) is 1. The molecule has 1 N–H and O–H groups in total. The Morgan fingerprint density at radius 3 is 2.74 bits per heavy atom. The molecule has 1 aliphatic rings. The second-order valence-corrected chi connectivity index (χ2v) is 6.50. The fourth-order valence-corrected chi connectivity index (χ4v) is 3.39. The van der Waals surface area contributed by atoms with E-state index in [0.29, 0.717) is 6.04 Å². The average molecular weight is 325 g/mol. The molecule has 0 bridgehead atoms. The van der Waals surface area contributed by atoms with Crippen LogP contribution >= 0.6 is 15.9 Å². The average Bonchev–Trinajstić information content (AvgIpc) is 2.41. The summed E-state index contributed by atoms with van der Waals surface area (Å²) in [5.74, 6) is 0.728. The summed E-state index contributed by atoms with van der Waals surface area (Å²) in [6.07, 6.45) is 3.87. The summed E-state index contributed by atoms with van der Waals surface area (Å²) >= 11 is 3.53. The zero-order valence-electron chi connectivity index (χ0n) is 12.0. The molecule has 0 aromatic heterocycles. The van der Waals surface area contributed by atoms with Crippen LogP contribution in [0.1, 0.15) is 37.8 Å². The predicted octanol–water partition coefficient (Wildman–Crippen LogP) is 3.83. The molecule has 2 atom stereocenters. The number of benzene rings is 1. The molecule has 3 heteroatoms. The Labute approximate surface area is 125 Å². The molecule has 0 amide bonds. The van der Waals surface area contributed by atoms with Gasteiger partial charge in [0.2, 0.25) is 0 Å². The van der Waals surface area contributed by atoms with Gasteiger partial charge >= 0.3 is 0 Å². The van der Waals surface area contributed by atoms with Crippen LogP contribution in [0.4, 0.5) is 0 Å². The van der Waals surface area contributed by atoms with Gasteiger partial charge in [-0.3, -0.25) is 4.90 Å². The third-order valence-electron chi connectivity index (χ3n) is 4.05. The van der Waals surface area contributed by atoms with Gasteiger partial charge in [0, 0.05) is 10.5 Å². The highest BCUT2D eigenvalue weighted by atomic mass is 79.9. The van der Waals surface area contributed by atoms with Gasteiger partial charge in [-0.1, -0.05) is 35.0 Å². The fourth-order valence-electron chi connectivity index (χ4n) is 3.12. The van der Waals surface area contributed by atoms with Crippen molar-refractivity contribution in [3.63, 3.8) is 0 Å². The summed E-state index contributed by atoms with van der Waals surface area (Å²) in [5, 5.41) is 3.60. The van der Waals surface area contributed by atoms with Gasteiger partial charge in [-0.05, 0) is 69.6 Å². The second kappa shape index (κ2) is 7.41.